The Morgan fingerprint density at radius 3 is 1.12 bits per heavy atom. The molecule has 0 aliphatic carbocycles. The van der Waals surface area contributed by atoms with Crippen LogP contribution in [0.2, 0.25) is 0 Å². The van der Waals surface area contributed by atoms with E-state index in [0.717, 1.165) is 0 Å². The average Bonchev–Trinajstić information content (AvgIpc) is 1.72. The topological polar surface area (TPSA) is 88.4 Å². The van der Waals surface area contributed by atoms with Crippen LogP contribution < -0.4 is 0 Å². The first-order valence-electron chi connectivity index (χ1n) is 1.25. The quantitative estimate of drug-likeness (QED) is 0.244. The standard InChI is InChI=1S/BH3O6.Li.H/c2-5-1(6-3)7-4;;/h2-4H;;. The maximum absolute atomic E-state index is 7.46. The Kier molecular flexibility index (Phi) is 10.4. The molecule has 0 amide bonds. The van der Waals surface area contributed by atoms with Crippen LogP contribution in [0.1, 0.15) is 0 Å². The van der Waals surface area contributed by atoms with Crippen molar-refractivity contribution in [1.29, 1.82) is 0 Å². The molecule has 0 spiro atoms. The molecule has 0 saturated carbocycles. The second kappa shape index (κ2) is 7.42. The summed E-state index contributed by atoms with van der Waals surface area (Å²) in [5.74, 6) is 0. The Bertz CT molecular complexity index is 30.0. The molecular weight excluding hydrogens is 114 g/mol. The molecule has 0 bridgehead atoms. The molecule has 0 aromatic rings. The molecule has 0 unspecified atom stereocenters. The summed E-state index contributed by atoms with van der Waals surface area (Å²) >= 11 is 0. The third-order valence-corrected chi connectivity index (χ3v) is 0.258. The van der Waals surface area contributed by atoms with Crippen LogP contribution in [0.25, 0.3) is 0 Å². The summed E-state index contributed by atoms with van der Waals surface area (Å²) < 4.78 is 0. The molecule has 0 fully saturated rings. The van der Waals surface area contributed by atoms with E-state index < -0.39 is 7.32 Å². The van der Waals surface area contributed by atoms with E-state index in [0.29, 0.717) is 0 Å². The van der Waals surface area contributed by atoms with Gasteiger partial charge in [0.05, 0.1) is 0 Å². The molecular formula is H4BLiO6. The van der Waals surface area contributed by atoms with Crippen molar-refractivity contribution in [1.82, 2.24) is 0 Å². The van der Waals surface area contributed by atoms with Crippen molar-refractivity contribution in [3.8, 4) is 0 Å². The Hall–Kier alpha value is 0.422. The summed E-state index contributed by atoms with van der Waals surface area (Å²) in [6, 6.07) is 0. The summed E-state index contributed by atoms with van der Waals surface area (Å²) in [7, 11) is -1.85. The summed E-state index contributed by atoms with van der Waals surface area (Å²) in [6.45, 7) is 0. The van der Waals surface area contributed by atoms with E-state index in [1.54, 1.807) is 0 Å². The van der Waals surface area contributed by atoms with Gasteiger partial charge in [-0.25, -0.2) is 14.4 Å². The van der Waals surface area contributed by atoms with E-state index >= 15 is 0 Å². The van der Waals surface area contributed by atoms with Crippen LogP contribution in [0.15, 0.2) is 0 Å². The molecule has 0 heterocycles. The van der Waals surface area contributed by atoms with E-state index in [4.69, 9.17) is 15.8 Å². The van der Waals surface area contributed by atoms with E-state index in [1.165, 1.54) is 0 Å². The van der Waals surface area contributed by atoms with Crippen molar-refractivity contribution in [2.45, 2.75) is 0 Å². The molecule has 6 nitrogen and oxygen atoms in total. The van der Waals surface area contributed by atoms with Gasteiger partial charge in [0.1, 0.15) is 0 Å². The van der Waals surface area contributed by atoms with E-state index in [9.17, 15) is 0 Å². The zero-order valence-corrected chi connectivity index (χ0v) is 3.14. The first kappa shape index (κ1) is 11.2. The van der Waals surface area contributed by atoms with Crippen molar-refractivity contribution in [2.24, 2.45) is 0 Å². The molecule has 8 heteroatoms. The Morgan fingerprint density at radius 2 is 1.12 bits per heavy atom. The molecule has 0 aliphatic rings. The van der Waals surface area contributed by atoms with E-state index in [1.807, 2.05) is 0 Å². The van der Waals surface area contributed by atoms with E-state index in [2.05, 4.69) is 14.4 Å². The van der Waals surface area contributed by atoms with Gasteiger partial charge in [0, 0.05) is 0 Å². The van der Waals surface area contributed by atoms with Gasteiger partial charge in [-0.1, -0.05) is 0 Å². The van der Waals surface area contributed by atoms with Gasteiger partial charge in [0.2, 0.25) is 0 Å². The summed E-state index contributed by atoms with van der Waals surface area (Å²) in [4.78, 5) is 9.31. The fraction of sp³-hybridized carbons (Fsp3) is 0. The van der Waals surface area contributed by atoms with E-state index in [-0.39, 0.29) is 18.9 Å². The van der Waals surface area contributed by atoms with Crippen molar-refractivity contribution in [2.75, 3.05) is 0 Å². The molecule has 0 aromatic carbocycles. The first-order chi connectivity index (χ1) is 3.35. The van der Waals surface area contributed by atoms with Gasteiger partial charge < -0.3 is 0 Å². The number of hydrogen-bond acceptors (Lipinski definition) is 6. The Labute approximate surface area is 57.1 Å². The third kappa shape index (κ3) is 4.58. The molecule has 44 valence electrons. The Morgan fingerprint density at radius 1 is 0.875 bits per heavy atom. The molecule has 0 radical (unpaired) electrons. The average molecular weight is 118 g/mol. The Balaban J connectivity index is 0. The van der Waals surface area contributed by atoms with Gasteiger partial charge in [-0.3, -0.25) is 15.8 Å². The predicted octanol–water partition coefficient (Wildman–Crippen LogP) is -1.21. The van der Waals surface area contributed by atoms with Crippen LogP contribution in [-0.2, 0) is 14.4 Å². The third-order valence-electron chi connectivity index (χ3n) is 0.258. The molecule has 0 rings (SSSR count). The number of hydrogen-bond donors (Lipinski definition) is 3. The molecule has 8 heavy (non-hydrogen) atoms. The van der Waals surface area contributed by atoms with Crippen LogP contribution in [0, 0.1) is 0 Å². The zero-order chi connectivity index (χ0) is 5.70. The SMILES string of the molecule is OOB(OO)OO.[LiH]. The van der Waals surface area contributed by atoms with Crippen LogP contribution in [-0.4, -0.2) is 42.0 Å². The maximum atomic E-state index is 7.46. The summed E-state index contributed by atoms with van der Waals surface area (Å²) in [5, 5.41) is 22.4. The van der Waals surface area contributed by atoms with Crippen molar-refractivity contribution >= 4 is 26.2 Å². The van der Waals surface area contributed by atoms with Crippen molar-refractivity contribution in [3.05, 3.63) is 0 Å². The molecule has 0 atom stereocenters. The van der Waals surface area contributed by atoms with Gasteiger partial charge >= 0.3 is 26.2 Å². The molecule has 3 N–H and O–H groups in total. The molecule has 0 aliphatic heterocycles. The monoisotopic (exact) mass is 118 g/mol. The minimum absolute atomic E-state index is 0. The van der Waals surface area contributed by atoms with Gasteiger partial charge in [-0.15, -0.1) is 0 Å². The zero-order valence-electron chi connectivity index (χ0n) is 3.14. The summed E-state index contributed by atoms with van der Waals surface area (Å²) in [6.07, 6.45) is 0. The number of rotatable bonds is 3. The fourth-order valence-electron chi connectivity index (χ4n) is 0.0577. The van der Waals surface area contributed by atoms with Crippen LogP contribution >= 0.6 is 0 Å². The summed E-state index contributed by atoms with van der Waals surface area (Å²) in [5.41, 5.74) is 0. The molecule has 0 saturated heterocycles. The fourth-order valence-corrected chi connectivity index (χ4v) is 0.0577. The molecule has 0 aromatic heterocycles. The predicted molar refractivity (Wildman–Crippen MR) is 24.0 cm³/mol. The van der Waals surface area contributed by atoms with Crippen LogP contribution in [0.5, 0.6) is 0 Å². The van der Waals surface area contributed by atoms with Gasteiger partial charge in [-0.2, -0.15) is 0 Å². The van der Waals surface area contributed by atoms with Gasteiger partial charge in [-0.05, 0) is 0 Å². The van der Waals surface area contributed by atoms with Gasteiger partial charge in [0.25, 0.3) is 0 Å². The minimum atomic E-state index is -1.85. The first-order valence-corrected chi connectivity index (χ1v) is 1.25. The van der Waals surface area contributed by atoms with Crippen LogP contribution in [0.3, 0.4) is 0 Å². The van der Waals surface area contributed by atoms with Crippen molar-refractivity contribution in [3.63, 3.8) is 0 Å². The van der Waals surface area contributed by atoms with Gasteiger partial charge in [0.15, 0.2) is 0 Å². The second-order valence-electron chi connectivity index (χ2n) is 0.605. The normalized spacial score (nSPS) is 7.88. The van der Waals surface area contributed by atoms with Crippen molar-refractivity contribution < 1.29 is 30.2 Å². The van der Waals surface area contributed by atoms with Crippen LogP contribution in [0.4, 0.5) is 0 Å². The second-order valence-corrected chi connectivity index (χ2v) is 0.605.